The molecule has 1 fully saturated rings. The van der Waals surface area contributed by atoms with Gasteiger partial charge < -0.3 is 9.80 Å². The highest BCUT2D eigenvalue weighted by Crippen LogP contribution is 2.29. The van der Waals surface area contributed by atoms with Crippen LogP contribution in [0.15, 0.2) is 91.0 Å². The third kappa shape index (κ3) is 11.8. The number of amides is 2. The summed E-state index contributed by atoms with van der Waals surface area (Å²) in [5.41, 5.74) is 3.79. The van der Waals surface area contributed by atoms with Crippen LogP contribution in [-0.4, -0.2) is 65.8 Å². The Balaban J connectivity index is 1.26. The molecular formula is C40H55N3O2. The van der Waals surface area contributed by atoms with E-state index in [1.165, 1.54) is 61.6 Å². The average molecular weight is 610 g/mol. The zero-order valence-corrected chi connectivity index (χ0v) is 27.6. The summed E-state index contributed by atoms with van der Waals surface area (Å²) >= 11 is 0. The molecule has 1 saturated heterocycles. The molecule has 5 nitrogen and oxygen atoms in total. The maximum atomic E-state index is 13.4. The maximum Gasteiger partial charge on any atom is 0.224 e. The van der Waals surface area contributed by atoms with Gasteiger partial charge in [0.15, 0.2) is 0 Å². The fourth-order valence-corrected chi connectivity index (χ4v) is 6.52. The summed E-state index contributed by atoms with van der Waals surface area (Å²) in [5, 5.41) is 0. The van der Waals surface area contributed by atoms with E-state index < -0.39 is 0 Å². The van der Waals surface area contributed by atoms with Gasteiger partial charge in [-0.2, -0.15) is 0 Å². The van der Waals surface area contributed by atoms with Gasteiger partial charge in [-0.1, -0.05) is 149 Å². The Morgan fingerprint density at radius 2 is 1.13 bits per heavy atom. The van der Waals surface area contributed by atoms with Crippen LogP contribution in [0.3, 0.4) is 0 Å². The second kappa shape index (κ2) is 19.8. The fraction of sp³-hybridized carbons (Fsp3) is 0.500. The van der Waals surface area contributed by atoms with E-state index in [0.29, 0.717) is 39.0 Å². The molecular weight excluding hydrogens is 554 g/mol. The van der Waals surface area contributed by atoms with Crippen molar-refractivity contribution in [1.29, 1.82) is 0 Å². The summed E-state index contributed by atoms with van der Waals surface area (Å²) in [6, 6.07) is 31.9. The number of hydrogen-bond acceptors (Lipinski definition) is 3. The molecule has 1 aliphatic heterocycles. The Kier molecular flexibility index (Phi) is 15.2. The normalized spacial score (nSPS) is 13.7. The minimum atomic E-state index is 0.159. The summed E-state index contributed by atoms with van der Waals surface area (Å²) in [6.07, 6.45) is 13.0. The van der Waals surface area contributed by atoms with Gasteiger partial charge in [0.1, 0.15) is 0 Å². The van der Waals surface area contributed by atoms with Crippen LogP contribution in [0.4, 0.5) is 0 Å². The second-order valence-electron chi connectivity index (χ2n) is 12.6. The number of unbranched alkanes of at least 4 members (excludes halogenated alkanes) is 8. The summed E-state index contributed by atoms with van der Waals surface area (Å²) in [6.45, 7) is 6.50. The van der Waals surface area contributed by atoms with Crippen LogP contribution in [0.2, 0.25) is 0 Å². The number of hydrogen-bond donors (Lipinski definition) is 0. The van der Waals surface area contributed by atoms with Crippen molar-refractivity contribution in [3.05, 3.63) is 108 Å². The SMILES string of the molecule is CCCCCCCCCCCC(=O)N(CCC(=O)N1CCN(C(c2ccccc2)c2ccccc2)CC1)CCc1ccccc1. The molecule has 0 bridgehead atoms. The van der Waals surface area contributed by atoms with Crippen molar-refractivity contribution >= 4 is 11.8 Å². The molecule has 2 amide bonds. The van der Waals surface area contributed by atoms with E-state index in [4.69, 9.17) is 0 Å². The van der Waals surface area contributed by atoms with Crippen molar-refractivity contribution < 1.29 is 9.59 Å². The molecule has 242 valence electrons. The summed E-state index contributed by atoms with van der Waals surface area (Å²) in [5.74, 6) is 0.353. The summed E-state index contributed by atoms with van der Waals surface area (Å²) in [7, 11) is 0. The smallest absolute Gasteiger partial charge is 0.224 e. The number of carbonyl (C=O) groups excluding carboxylic acids is 2. The maximum absolute atomic E-state index is 13.4. The topological polar surface area (TPSA) is 43.9 Å². The quantitative estimate of drug-likeness (QED) is 0.128. The predicted molar refractivity (Wildman–Crippen MR) is 186 cm³/mol. The van der Waals surface area contributed by atoms with E-state index in [9.17, 15) is 9.59 Å². The molecule has 3 aromatic rings. The number of piperazine rings is 1. The van der Waals surface area contributed by atoms with Crippen LogP contribution in [-0.2, 0) is 16.0 Å². The van der Waals surface area contributed by atoms with E-state index >= 15 is 0 Å². The molecule has 0 aromatic heterocycles. The minimum absolute atomic E-state index is 0.159. The van der Waals surface area contributed by atoms with Gasteiger partial charge in [-0.3, -0.25) is 14.5 Å². The molecule has 0 N–H and O–H groups in total. The van der Waals surface area contributed by atoms with Gasteiger partial charge in [0.05, 0.1) is 6.04 Å². The molecule has 0 atom stereocenters. The third-order valence-electron chi connectivity index (χ3n) is 9.22. The van der Waals surface area contributed by atoms with Crippen molar-refractivity contribution in [2.24, 2.45) is 0 Å². The standard InChI is InChI=1S/C40H55N3O2/c1-2-3-4-5-6-7-8-9-19-26-38(44)41(29-27-35-20-13-10-14-21-35)30-28-39(45)42-31-33-43(34-32-42)40(36-22-15-11-16-23-36)37-24-17-12-18-25-37/h10-18,20-25,40H,2-9,19,26-34H2,1H3. The summed E-state index contributed by atoms with van der Waals surface area (Å²) in [4.78, 5) is 33.2. The molecule has 0 aliphatic carbocycles. The Morgan fingerprint density at radius 3 is 1.69 bits per heavy atom. The summed E-state index contributed by atoms with van der Waals surface area (Å²) < 4.78 is 0. The first-order valence-corrected chi connectivity index (χ1v) is 17.6. The molecule has 4 rings (SSSR count). The Morgan fingerprint density at radius 1 is 0.622 bits per heavy atom. The lowest BCUT2D eigenvalue weighted by Gasteiger charge is -2.40. The highest BCUT2D eigenvalue weighted by atomic mass is 16.2. The van der Waals surface area contributed by atoms with Crippen molar-refractivity contribution in [1.82, 2.24) is 14.7 Å². The van der Waals surface area contributed by atoms with Crippen molar-refractivity contribution in [3.8, 4) is 0 Å². The Hall–Kier alpha value is -3.44. The largest absolute Gasteiger partial charge is 0.342 e. The highest BCUT2D eigenvalue weighted by molar-refractivity contribution is 5.79. The molecule has 45 heavy (non-hydrogen) atoms. The van der Waals surface area contributed by atoms with Crippen LogP contribution in [0.1, 0.15) is 100 Å². The Bertz CT molecular complexity index is 1190. The van der Waals surface area contributed by atoms with Crippen molar-refractivity contribution in [2.75, 3.05) is 39.3 Å². The van der Waals surface area contributed by atoms with E-state index in [0.717, 1.165) is 32.4 Å². The average Bonchev–Trinajstić information content (AvgIpc) is 3.09. The molecule has 5 heteroatoms. The predicted octanol–water partition coefficient (Wildman–Crippen LogP) is 8.30. The highest BCUT2D eigenvalue weighted by Gasteiger charge is 2.28. The van der Waals surface area contributed by atoms with E-state index in [-0.39, 0.29) is 17.9 Å². The van der Waals surface area contributed by atoms with Crippen molar-refractivity contribution in [3.63, 3.8) is 0 Å². The number of rotatable bonds is 19. The van der Waals surface area contributed by atoms with Crippen LogP contribution in [0.25, 0.3) is 0 Å². The van der Waals surface area contributed by atoms with Crippen molar-refractivity contribution in [2.45, 2.75) is 90.0 Å². The molecule has 0 spiro atoms. The van der Waals surface area contributed by atoms with Gasteiger partial charge in [-0.15, -0.1) is 0 Å². The first kappa shape index (κ1) is 34.4. The van der Waals surface area contributed by atoms with Crippen LogP contribution < -0.4 is 0 Å². The van der Waals surface area contributed by atoms with Crippen LogP contribution in [0.5, 0.6) is 0 Å². The second-order valence-corrected chi connectivity index (χ2v) is 12.6. The zero-order valence-electron chi connectivity index (χ0n) is 27.6. The number of benzene rings is 3. The molecule has 0 radical (unpaired) electrons. The molecule has 3 aromatic carbocycles. The van der Waals surface area contributed by atoms with Gasteiger partial charge in [0, 0.05) is 52.1 Å². The lowest BCUT2D eigenvalue weighted by molar-refractivity contribution is -0.135. The van der Waals surface area contributed by atoms with E-state index in [1.54, 1.807) is 0 Å². The van der Waals surface area contributed by atoms with Gasteiger partial charge in [0.2, 0.25) is 11.8 Å². The fourth-order valence-electron chi connectivity index (χ4n) is 6.52. The van der Waals surface area contributed by atoms with Crippen LogP contribution >= 0.6 is 0 Å². The first-order valence-electron chi connectivity index (χ1n) is 17.6. The lowest BCUT2D eigenvalue weighted by Crippen LogP contribution is -2.50. The monoisotopic (exact) mass is 609 g/mol. The first-order chi connectivity index (χ1) is 22.2. The van der Waals surface area contributed by atoms with Gasteiger partial charge >= 0.3 is 0 Å². The van der Waals surface area contributed by atoms with E-state index in [1.807, 2.05) is 28.0 Å². The van der Waals surface area contributed by atoms with Gasteiger partial charge in [0.25, 0.3) is 0 Å². The number of carbonyl (C=O) groups is 2. The number of nitrogens with zero attached hydrogens (tertiary/aromatic N) is 3. The molecule has 0 saturated carbocycles. The van der Waals surface area contributed by atoms with E-state index in [2.05, 4.69) is 84.6 Å². The van der Waals surface area contributed by atoms with Crippen LogP contribution in [0, 0.1) is 0 Å². The Labute approximate surface area is 272 Å². The third-order valence-corrected chi connectivity index (χ3v) is 9.22. The molecule has 1 aliphatic rings. The van der Waals surface area contributed by atoms with Gasteiger partial charge in [-0.05, 0) is 29.5 Å². The van der Waals surface area contributed by atoms with Gasteiger partial charge in [-0.25, -0.2) is 0 Å². The molecule has 1 heterocycles. The zero-order chi connectivity index (χ0) is 31.5. The molecule has 0 unspecified atom stereocenters. The minimum Gasteiger partial charge on any atom is -0.342 e. The lowest BCUT2D eigenvalue weighted by atomic mass is 9.96.